The van der Waals surface area contributed by atoms with E-state index < -0.39 is 0 Å². The van der Waals surface area contributed by atoms with Crippen LogP contribution in [0.4, 0.5) is 5.82 Å². The molecule has 0 aliphatic carbocycles. The lowest BCUT2D eigenvalue weighted by Gasteiger charge is -2.22. The van der Waals surface area contributed by atoms with Gasteiger partial charge in [0.1, 0.15) is 5.82 Å². The molecular formula is C14H22ClN3. The van der Waals surface area contributed by atoms with Crippen molar-refractivity contribution in [2.24, 2.45) is 5.92 Å². The average molecular weight is 268 g/mol. The molecule has 1 aliphatic heterocycles. The fourth-order valence-corrected chi connectivity index (χ4v) is 2.99. The first-order chi connectivity index (χ1) is 8.52. The molecule has 2 atom stereocenters. The lowest BCUT2D eigenvalue weighted by Crippen LogP contribution is -2.34. The molecule has 0 amide bonds. The summed E-state index contributed by atoms with van der Waals surface area (Å²) in [5, 5.41) is 0. The molecule has 2 unspecified atom stereocenters. The highest BCUT2D eigenvalue weighted by molar-refractivity contribution is 6.17. The Morgan fingerprint density at radius 1 is 1.39 bits per heavy atom. The van der Waals surface area contributed by atoms with Gasteiger partial charge < -0.3 is 9.80 Å². The Kier molecular flexibility index (Phi) is 4.13. The van der Waals surface area contributed by atoms with E-state index in [1.165, 1.54) is 0 Å². The molecule has 1 aromatic heterocycles. The molecule has 0 radical (unpaired) electrons. The van der Waals surface area contributed by atoms with E-state index in [4.69, 9.17) is 11.6 Å². The van der Waals surface area contributed by atoms with Gasteiger partial charge >= 0.3 is 0 Å². The summed E-state index contributed by atoms with van der Waals surface area (Å²) in [4.78, 5) is 9.36. The van der Waals surface area contributed by atoms with Crippen LogP contribution in [0.25, 0.3) is 0 Å². The average Bonchev–Trinajstić information content (AvgIpc) is 2.71. The number of halogens is 1. The zero-order chi connectivity index (χ0) is 13.3. The predicted molar refractivity (Wildman–Crippen MR) is 77.4 cm³/mol. The quantitative estimate of drug-likeness (QED) is 0.785. The summed E-state index contributed by atoms with van der Waals surface area (Å²) in [6.07, 6.45) is 0. The third-order valence-electron chi connectivity index (χ3n) is 3.88. The molecule has 0 aromatic carbocycles. The third-order valence-corrected chi connectivity index (χ3v) is 4.17. The molecule has 2 heterocycles. The van der Waals surface area contributed by atoms with Crippen LogP contribution in [-0.4, -0.2) is 43.1 Å². The normalized spacial score (nSPS) is 24.0. The molecule has 18 heavy (non-hydrogen) atoms. The third kappa shape index (κ3) is 2.62. The zero-order valence-corrected chi connectivity index (χ0v) is 12.4. The predicted octanol–water partition coefficient (Wildman–Crippen LogP) is 2.52. The van der Waals surface area contributed by atoms with Crippen LogP contribution >= 0.6 is 11.6 Å². The maximum Gasteiger partial charge on any atom is 0.128 e. The molecule has 0 saturated carbocycles. The summed E-state index contributed by atoms with van der Waals surface area (Å²) in [6.45, 7) is 6.48. The van der Waals surface area contributed by atoms with Gasteiger partial charge in [0.25, 0.3) is 0 Å². The highest BCUT2D eigenvalue weighted by atomic mass is 35.5. The number of anilines is 1. The van der Waals surface area contributed by atoms with Gasteiger partial charge in [-0.05, 0) is 38.6 Å². The number of aryl methyl sites for hydroxylation is 1. The molecule has 1 aliphatic rings. The Morgan fingerprint density at radius 3 is 2.61 bits per heavy atom. The van der Waals surface area contributed by atoms with E-state index in [9.17, 15) is 0 Å². The second-order valence-electron chi connectivity index (χ2n) is 5.46. The van der Waals surface area contributed by atoms with E-state index in [1.807, 2.05) is 6.92 Å². The van der Waals surface area contributed by atoms with Gasteiger partial charge in [-0.2, -0.15) is 0 Å². The smallest absolute Gasteiger partial charge is 0.128 e. The molecule has 4 heteroatoms. The second kappa shape index (κ2) is 5.45. The minimum absolute atomic E-state index is 0.538. The number of likely N-dealkylation sites (N-methyl/N-ethyl adjacent to an activating group) is 1. The van der Waals surface area contributed by atoms with Gasteiger partial charge in [0, 0.05) is 30.7 Å². The summed E-state index contributed by atoms with van der Waals surface area (Å²) >= 11 is 5.87. The number of rotatable bonds is 3. The fraction of sp³-hybridized carbons (Fsp3) is 0.643. The number of nitrogens with zero attached hydrogens (tertiary/aromatic N) is 3. The number of aromatic nitrogens is 1. The number of hydrogen-bond donors (Lipinski definition) is 0. The van der Waals surface area contributed by atoms with Gasteiger partial charge in [0.05, 0.1) is 0 Å². The maximum absolute atomic E-state index is 5.87. The van der Waals surface area contributed by atoms with E-state index >= 15 is 0 Å². The summed E-state index contributed by atoms with van der Waals surface area (Å²) in [5.41, 5.74) is 2.17. The van der Waals surface area contributed by atoms with Crippen molar-refractivity contribution in [3.8, 4) is 0 Å². The molecule has 2 rings (SSSR count). The Hall–Kier alpha value is -0.800. The van der Waals surface area contributed by atoms with E-state index in [0.717, 1.165) is 30.2 Å². The zero-order valence-electron chi connectivity index (χ0n) is 11.7. The van der Waals surface area contributed by atoms with Gasteiger partial charge in [-0.15, -0.1) is 11.6 Å². The number of hydrogen-bond acceptors (Lipinski definition) is 3. The number of pyridine rings is 1. The van der Waals surface area contributed by atoms with Crippen molar-refractivity contribution in [2.45, 2.75) is 25.8 Å². The summed E-state index contributed by atoms with van der Waals surface area (Å²) < 4.78 is 0. The van der Waals surface area contributed by atoms with E-state index in [-0.39, 0.29) is 0 Å². The molecule has 0 spiro atoms. The molecule has 0 bridgehead atoms. The van der Waals surface area contributed by atoms with Gasteiger partial charge in [-0.1, -0.05) is 13.0 Å². The first-order valence-corrected chi connectivity index (χ1v) is 7.00. The van der Waals surface area contributed by atoms with Crippen LogP contribution < -0.4 is 4.90 Å². The van der Waals surface area contributed by atoms with Crippen molar-refractivity contribution in [3.63, 3.8) is 0 Å². The van der Waals surface area contributed by atoms with Crippen molar-refractivity contribution in [3.05, 3.63) is 23.4 Å². The van der Waals surface area contributed by atoms with E-state index in [2.05, 4.69) is 47.9 Å². The molecule has 100 valence electrons. The van der Waals surface area contributed by atoms with Crippen LogP contribution in [0.2, 0.25) is 0 Å². The van der Waals surface area contributed by atoms with Crippen LogP contribution in [-0.2, 0) is 5.88 Å². The first-order valence-electron chi connectivity index (χ1n) is 6.46. The van der Waals surface area contributed by atoms with E-state index in [1.54, 1.807) is 0 Å². The Morgan fingerprint density at radius 2 is 2.11 bits per heavy atom. The molecule has 1 aromatic rings. The highest BCUT2D eigenvalue weighted by Crippen LogP contribution is 2.25. The van der Waals surface area contributed by atoms with Crippen LogP contribution in [0.15, 0.2) is 12.1 Å². The lowest BCUT2D eigenvalue weighted by atomic mass is 10.1. The van der Waals surface area contributed by atoms with Crippen LogP contribution in [0.5, 0.6) is 0 Å². The molecule has 0 N–H and O–H groups in total. The van der Waals surface area contributed by atoms with Gasteiger partial charge in [-0.25, -0.2) is 4.98 Å². The molecule has 3 nitrogen and oxygen atoms in total. The summed E-state index contributed by atoms with van der Waals surface area (Å²) in [5.74, 6) is 2.29. The van der Waals surface area contributed by atoms with Gasteiger partial charge in [0.2, 0.25) is 0 Å². The van der Waals surface area contributed by atoms with Crippen molar-refractivity contribution >= 4 is 17.4 Å². The minimum Gasteiger partial charge on any atom is -0.355 e. The minimum atomic E-state index is 0.538. The topological polar surface area (TPSA) is 19.4 Å². The van der Waals surface area contributed by atoms with Crippen molar-refractivity contribution < 1.29 is 0 Å². The van der Waals surface area contributed by atoms with Crippen molar-refractivity contribution in [2.75, 3.05) is 32.1 Å². The van der Waals surface area contributed by atoms with Crippen LogP contribution in [0, 0.1) is 12.8 Å². The van der Waals surface area contributed by atoms with Gasteiger partial charge in [-0.3, -0.25) is 0 Å². The molecule has 1 saturated heterocycles. The summed E-state index contributed by atoms with van der Waals surface area (Å²) in [6, 6.07) is 4.80. The highest BCUT2D eigenvalue weighted by Gasteiger charge is 2.31. The Labute approximate surface area is 115 Å². The second-order valence-corrected chi connectivity index (χ2v) is 5.73. The summed E-state index contributed by atoms with van der Waals surface area (Å²) in [7, 11) is 4.31. The lowest BCUT2D eigenvalue weighted by molar-refractivity contribution is 0.266. The molecular weight excluding hydrogens is 246 g/mol. The first kappa shape index (κ1) is 13.6. The number of alkyl halides is 1. The standard InChI is InChI=1S/C14H22ClN3/c1-10-8-18(9-13(10)17(3)4)14-6-5-12(7-15)11(2)16-14/h5-6,10,13H,7-9H2,1-4H3. The van der Waals surface area contributed by atoms with Crippen molar-refractivity contribution in [1.82, 2.24) is 9.88 Å². The van der Waals surface area contributed by atoms with Crippen molar-refractivity contribution in [1.29, 1.82) is 0 Å². The van der Waals surface area contributed by atoms with E-state index in [0.29, 0.717) is 17.8 Å². The Balaban J connectivity index is 2.16. The van der Waals surface area contributed by atoms with Crippen LogP contribution in [0.1, 0.15) is 18.2 Å². The van der Waals surface area contributed by atoms with Crippen LogP contribution in [0.3, 0.4) is 0 Å². The fourth-order valence-electron chi connectivity index (χ4n) is 2.70. The van der Waals surface area contributed by atoms with Gasteiger partial charge in [0.15, 0.2) is 0 Å². The molecule has 1 fully saturated rings. The monoisotopic (exact) mass is 267 g/mol. The Bertz CT molecular complexity index is 420. The largest absolute Gasteiger partial charge is 0.355 e. The maximum atomic E-state index is 5.87. The SMILES string of the molecule is Cc1nc(N2CC(C)C(N(C)C)C2)ccc1CCl.